The summed E-state index contributed by atoms with van der Waals surface area (Å²) >= 11 is 0. The van der Waals surface area contributed by atoms with E-state index in [1.807, 2.05) is 59.4 Å². The van der Waals surface area contributed by atoms with E-state index in [0.717, 1.165) is 55.3 Å². The van der Waals surface area contributed by atoms with Gasteiger partial charge in [0, 0.05) is 37.9 Å². The van der Waals surface area contributed by atoms with Crippen LogP contribution in [0.25, 0.3) is 11.3 Å². The molecule has 0 radical (unpaired) electrons. The third-order valence-corrected chi connectivity index (χ3v) is 6.61. The summed E-state index contributed by atoms with van der Waals surface area (Å²) in [5.41, 5.74) is 5.52. The quantitative estimate of drug-likeness (QED) is 0.373. The zero-order valence-corrected chi connectivity index (χ0v) is 21.1. The molecule has 1 fully saturated rings. The van der Waals surface area contributed by atoms with Crippen LogP contribution in [0.15, 0.2) is 85.1 Å². The van der Waals surface area contributed by atoms with E-state index in [2.05, 4.69) is 40.5 Å². The third kappa shape index (κ3) is 6.25. The van der Waals surface area contributed by atoms with Crippen molar-refractivity contribution in [3.05, 3.63) is 107 Å². The molecular formula is C30H32N4O3. The van der Waals surface area contributed by atoms with Gasteiger partial charge in [0.25, 0.3) is 5.91 Å². The van der Waals surface area contributed by atoms with Crippen molar-refractivity contribution in [2.45, 2.75) is 19.6 Å². The molecule has 0 spiro atoms. The van der Waals surface area contributed by atoms with E-state index < -0.39 is 0 Å². The standard InChI is InChI=1S/C30H32N4O3/c1-36-27-13-11-24(12-14-27)29-28(22-34(32-29)20-23-7-3-2-4-8-23)30(35)31-19-25-9-5-6-10-26(25)21-33-15-17-37-18-16-33/h2-14,22H,15-21H2,1H3,(H,31,35). The Morgan fingerprint density at radius 1 is 0.919 bits per heavy atom. The first kappa shape index (κ1) is 24.7. The summed E-state index contributed by atoms with van der Waals surface area (Å²) < 4.78 is 12.6. The van der Waals surface area contributed by atoms with Crippen molar-refractivity contribution >= 4 is 5.91 Å². The van der Waals surface area contributed by atoms with E-state index >= 15 is 0 Å². The minimum absolute atomic E-state index is 0.147. The van der Waals surface area contributed by atoms with Gasteiger partial charge in [0.1, 0.15) is 11.4 Å². The topological polar surface area (TPSA) is 68.6 Å². The second-order valence-electron chi connectivity index (χ2n) is 9.14. The number of rotatable bonds is 9. The Bertz CT molecular complexity index is 1310. The predicted molar refractivity (Wildman–Crippen MR) is 143 cm³/mol. The van der Waals surface area contributed by atoms with Crippen LogP contribution in [0.3, 0.4) is 0 Å². The highest BCUT2D eigenvalue weighted by molar-refractivity contribution is 5.99. The fourth-order valence-corrected chi connectivity index (χ4v) is 4.56. The molecule has 1 amide bonds. The molecule has 0 atom stereocenters. The van der Waals surface area contributed by atoms with Gasteiger partial charge in [0.05, 0.1) is 32.4 Å². The number of amides is 1. The summed E-state index contributed by atoms with van der Waals surface area (Å²) in [7, 11) is 1.64. The zero-order valence-electron chi connectivity index (χ0n) is 21.1. The molecule has 1 aliphatic heterocycles. The molecule has 7 nitrogen and oxygen atoms in total. The predicted octanol–water partition coefficient (Wildman–Crippen LogP) is 4.37. The van der Waals surface area contributed by atoms with E-state index in [0.29, 0.717) is 24.3 Å². The van der Waals surface area contributed by atoms with E-state index in [9.17, 15) is 4.79 Å². The number of nitrogens with one attached hydrogen (secondary N) is 1. The molecule has 4 aromatic rings. The highest BCUT2D eigenvalue weighted by Gasteiger charge is 2.19. The maximum absolute atomic E-state index is 13.5. The number of hydrogen-bond donors (Lipinski definition) is 1. The lowest BCUT2D eigenvalue weighted by molar-refractivity contribution is 0.0340. The van der Waals surface area contributed by atoms with Crippen LogP contribution in [0.5, 0.6) is 5.75 Å². The molecule has 0 unspecified atom stereocenters. The lowest BCUT2D eigenvalue weighted by Crippen LogP contribution is -2.36. The Kier molecular flexibility index (Phi) is 7.93. The van der Waals surface area contributed by atoms with Gasteiger partial charge < -0.3 is 14.8 Å². The minimum Gasteiger partial charge on any atom is -0.497 e. The number of carbonyl (C=O) groups excluding carboxylic acids is 1. The number of methoxy groups -OCH3 is 1. The van der Waals surface area contributed by atoms with Crippen molar-refractivity contribution in [3.63, 3.8) is 0 Å². The molecule has 1 saturated heterocycles. The summed E-state index contributed by atoms with van der Waals surface area (Å²) in [5.74, 6) is 0.613. The molecule has 190 valence electrons. The maximum atomic E-state index is 13.5. The molecule has 2 heterocycles. The van der Waals surface area contributed by atoms with Crippen LogP contribution < -0.4 is 10.1 Å². The first-order valence-corrected chi connectivity index (χ1v) is 12.6. The van der Waals surface area contributed by atoms with Gasteiger partial charge in [0.15, 0.2) is 0 Å². The Morgan fingerprint density at radius 3 is 2.35 bits per heavy atom. The maximum Gasteiger partial charge on any atom is 0.255 e. The average Bonchev–Trinajstić information content (AvgIpc) is 3.37. The van der Waals surface area contributed by atoms with Crippen LogP contribution in [-0.4, -0.2) is 54.0 Å². The van der Waals surface area contributed by atoms with Crippen molar-refractivity contribution in [2.75, 3.05) is 33.4 Å². The van der Waals surface area contributed by atoms with E-state index in [4.69, 9.17) is 14.6 Å². The van der Waals surface area contributed by atoms with Crippen LogP contribution in [0.4, 0.5) is 0 Å². The molecule has 0 aliphatic carbocycles. The van der Waals surface area contributed by atoms with Crippen molar-refractivity contribution in [2.24, 2.45) is 0 Å². The van der Waals surface area contributed by atoms with Gasteiger partial charge in [-0.15, -0.1) is 0 Å². The van der Waals surface area contributed by atoms with E-state index in [-0.39, 0.29) is 5.91 Å². The van der Waals surface area contributed by atoms with Gasteiger partial charge in [-0.2, -0.15) is 5.10 Å². The minimum atomic E-state index is -0.147. The first-order chi connectivity index (χ1) is 18.2. The van der Waals surface area contributed by atoms with Gasteiger partial charge in [-0.3, -0.25) is 14.4 Å². The van der Waals surface area contributed by atoms with E-state index in [1.165, 1.54) is 5.56 Å². The summed E-state index contributed by atoms with van der Waals surface area (Å²) in [6, 6.07) is 26.0. The highest BCUT2D eigenvalue weighted by atomic mass is 16.5. The largest absolute Gasteiger partial charge is 0.497 e. The second-order valence-corrected chi connectivity index (χ2v) is 9.14. The molecule has 1 aromatic heterocycles. The van der Waals surface area contributed by atoms with Gasteiger partial charge in [0.2, 0.25) is 0 Å². The lowest BCUT2D eigenvalue weighted by Gasteiger charge is -2.27. The monoisotopic (exact) mass is 496 g/mol. The van der Waals surface area contributed by atoms with Crippen LogP contribution in [0.1, 0.15) is 27.0 Å². The molecule has 3 aromatic carbocycles. The molecule has 0 bridgehead atoms. The number of morpholine rings is 1. The molecule has 0 saturated carbocycles. The lowest BCUT2D eigenvalue weighted by atomic mass is 10.1. The Morgan fingerprint density at radius 2 is 1.62 bits per heavy atom. The first-order valence-electron chi connectivity index (χ1n) is 12.6. The third-order valence-electron chi connectivity index (χ3n) is 6.61. The molecule has 7 heteroatoms. The van der Waals surface area contributed by atoms with Crippen molar-refractivity contribution < 1.29 is 14.3 Å². The fourth-order valence-electron chi connectivity index (χ4n) is 4.56. The molecular weight excluding hydrogens is 464 g/mol. The van der Waals surface area contributed by atoms with Crippen LogP contribution in [0, 0.1) is 0 Å². The van der Waals surface area contributed by atoms with Gasteiger partial charge in [-0.25, -0.2) is 0 Å². The Balaban J connectivity index is 1.36. The number of nitrogens with zero attached hydrogens (tertiary/aromatic N) is 3. The van der Waals surface area contributed by atoms with Crippen LogP contribution in [-0.2, 0) is 24.4 Å². The van der Waals surface area contributed by atoms with Crippen molar-refractivity contribution in [1.82, 2.24) is 20.0 Å². The van der Waals surface area contributed by atoms with Gasteiger partial charge >= 0.3 is 0 Å². The average molecular weight is 497 g/mol. The number of aromatic nitrogens is 2. The smallest absolute Gasteiger partial charge is 0.255 e. The SMILES string of the molecule is COc1ccc(-c2nn(Cc3ccccc3)cc2C(=O)NCc2ccccc2CN2CCOCC2)cc1. The molecule has 37 heavy (non-hydrogen) atoms. The van der Waals surface area contributed by atoms with Gasteiger partial charge in [-0.1, -0.05) is 54.6 Å². The fraction of sp³-hybridized carbons (Fsp3) is 0.267. The van der Waals surface area contributed by atoms with E-state index in [1.54, 1.807) is 7.11 Å². The summed E-state index contributed by atoms with van der Waals surface area (Å²) in [5, 5.41) is 7.94. The molecule has 1 N–H and O–H groups in total. The molecule has 1 aliphatic rings. The molecule has 5 rings (SSSR count). The number of ether oxygens (including phenoxy) is 2. The van der Waals surface area contributed by atoms with Crippen molar-refractivity contribution in [3.8, 4) is 17.0 Å². The number of carbonyl (C=O) groups is 1. The number of hydrogen-bond acceptors (Lipinski definition) is 5. The zero-order chi connectivity index (χ0) is 25.5. The second kappa shape index (κ2) is 11.9. The normalized spacial score (nSPS) is 13.9. The van der Waals surface area contributed by atoms with Crippen LogP contribution >= 0.6 is 0 Å². The van der Waals surface area contributed by atoms with Crippen LogP contribution in [0.2, 0.25) is 0 Å². The summed E-state index contributed by atoms with van der Waals surface area (Å²) in [6.45, 7) is 5.26. The summed E-state index contributed by atoms with van der Waals surface area (Å²) in [6.07, 6.45) is 1.83. The van der Waals surface area contributed by atoms with Gasteiger partial charge in [-0.05, 0) is 41.0 Å². The Hall–Kier alpha value is -3.94. The number of benzene rings is 3. The van der Waals surface area contributed by atoms with Crippen molar-refractivity contribution in [1.29, 1.82) is 0 Å². The highest BCUT2D eigenvalue weighted by Crippen LogP contribution is 2.25. The Labute approximate surface area is 217 Å². The summed E-state index contributed by atoms with van der Waals surface area (Å²) in [4.78, 5) is 15.9.